The molecule has 0 radical (unpaired) electrons. The molecule has 0 saturated carbocycles. The predicted molar refractivity (Wildman–Crippen MR) is 83.6 cm³/mol. The predicted octanol–water partition coefficient (Wildman–Crippen LogP) is 3.51. The maximum atomic E-state index is 11.8. The molecule has 0 spiro atoms. The number of nitrogens with zero attached hydrogens (tertiary/aromatic N) is 1. The van der Waals surface area contributed by atoms with E-state index in [1.807, 2.05) is 54.6 Å². The van der Waals surface area contributed by atoms with E-state index in [2.05, 4.69) is 4.98 Å². The fraction of sp³-hybridized carbons (Fsp3) is 0. The van der Waals surface area contributed by atoms with Crippen molar-refractivity contribution in [3.8, 4) is 22.3 Å². The second-order valence-corrected chi connectivity index (χ2v) is 4.70. The van der Waals surface area contributed by atoms with Crippen molar-refractivity contribution in [3.05, 3.63) is 78.6 Å². The number of nitrogens with two attached hydrogens (primary N) is 1. The standard InChI is InChI=1S/C18H14N2O/c19-18(21)16-10-4-9-15(13-6-2-1-3-7-13)17(16)14-8-5-11-20-12-14/h1-12H,(H2,19,21). The van der Waals surface area contributed by atoms with Crippen LogP contribution in [-0.2, 0) is 0 Å². The van der Waals surface area contributed by atoms with Gasteiger partial charge >= 0.3 is 0 Å². The molecule has 1 amide bonds. The summed E-state index contributed by atoms with van der Waals surface area (Å²) in [6.45, 7) is 0. The third-order valence-electron chi connectivity index (χ3n) is 3.36. The number of aromatic nitrogens is 1. The second-order valence-electron chi connectivity index (χ2n) is 4.70. The maximum absolute atomic E-state index is 11.8. The zero-order chi connectivity index (χ0) is 14.7. The van der Waals surface area contributed by atoms with E-state index in [-0.39, 0.29) is 0 Å². The molecule has 0 aliphatic carbocycles. The van der Waals surface area contributed by atoms with Gasteiger partial charge in [0.05, 0.1) is 0 Å². The Bertz CT molecular complexity index is 768. The average Bonchev–Trinajstić information content (AvgIpc) is 2.55. The molecule has 102 valence electrons. The summed E-state index contributed by atoms with van der Waals surface area (Å²) in [5, 5.41) is 0. The van der Waals surface area contributed by atoms with Gasteiger partial charge in [-0.3, -0.25) is 9.78 Å². The Kier molecular flexibility index (Phi) is 3.48. The molecule has 2 aromatic carbocycles. The number of carbonyl (C=O) groups excluding carboxylic acids is 1. The minimum absolute atomic E-state index is 0.438. The van der Waals surface area contributed by atoms with Gasteiger partial charge < -0.3 is 5.73 Å². The molecule has 3 nitrogen and oxygen atoms in total. The van der Waals surface area contributed by atoms with Gasteiger partial charge in [0.15, 0.2) is 0 Å². The van der Waals surface area contributed by atoms with E-state index in [0.717, 1.165) is 22.3 Å². The van der Waals surface area contributed by atoms with Crippen LogP contribution >= 0.6 is 0 Å². The lowest BCUT2D eigenvalue weighted by Gasteiger charge is -2.13. The lowest BCUT2D eigenvalue weighted by molar-refractivity contribution is 0.100. The van der Waals surface area contributed by atoms with Crippen molar-refractivity contribution >= 4 is 5.91 Å². The molecule has 1 heterocycles. The highest BCUT2D eigenvalue weighted by Crippen LogP contribution is 2.34. The molecular weight excluding hydrogens is 260 g/mol. The molecule has 1 aromatic heterocycles. The summed E-state index contributed by atoms with van der Waals surface area (Å²) < 4.78 is 0. The topological polar surface area (TPSA) is 56.0 Å². The Labute approximate surface area is 123 Å². The number of rotatable bonds is 3. The second kappa shape index (κ2) is 5.59. The first-order chi connectivity index (χ1) is 10.3. The molecule has 0 aliphatic heterocycles. The summed E-state index contributed by atoms with van der Waals surface area (Å²) in [6, 6.07) is 19.3. The van der Waals surface area contributed by atoms with Crippen LogP contribution in [-0.4, -0.2) is 10.9 Å². The van der Waals surface area contributed by atoms with Gasteiger partial charge in [-0.15, -0.1) is 0 Å². The van der Waals surface area contributed by atoms with E-state index >= 15 is 0 Å². The van der Waals surface area contributed by atoms with E-state index in [4.69, 9.17) is 5.73 Å². The molecule has 0 saturated heterocycles. The van der Waals surface area contributed by atoms with Crippen molar-refractivity contribution < 1.29 is 4.79 Å². The summed E-state index contributed by atoms with van der Waals surface area (Å²) in [6.07, 6.45) is 3.45. The molecule has 3 rings (SSSR count). The summed E-state index contributed by atoms with van der Waals surface area (Å²) in [4.78, 5) is 15.9. The quantitative estimate of drug-likeness (QED) is 0.794. The summed E-state index contributed by atoms with van der Waals surface area (Å²) in [5.74, 6) is -0.438. The van der Waals surface area contributed by atoms with Crippen LogP contribution in [0.5, 0.6) is 0 Å². The van der Waals surface area contributed by atoms with Crippen LogP contribution in [0, 0.1) is 0 Å². The number of benzene rings is 2. The fourth-order valence-electron chi connectivity index (χ4n) is 2.44. The van der Waals surface area contributed by atoms with E-state index in [0.29, 0.717) is 5.56 Å². The monoisotopic (exact) mass is 274 g/mol. The number of primary amides is 1. The largest absolute Gasteiger partial charge is 0.366 e. The van der Waals surface area contributed by atoms with Gasteiger partial charge in [0, 0.05) is 29.1 Å². The molecule has 0 bridgehead atoms. The Hall–Kier alpha value is -2.94. The van der Waals surface area contributed by atoms with Crippen LogP contribution in [0.15, 0.2) is 73.1 Å². The number of hydrogen-bond donors (Lipinski definition) is 1. The van der Waals surface area contributed by atoms with Crippen LogP contribution in [0.25, 0.3) is 22.3 Å². The van der Waals surface area contributed by atoms with Gasteiger partial charge in [-0.2, -0.15) is 0 Å². The van der Waals surface area contributed by atoms with Gasteiger partial charge in [0.2, 0.25) is 5.91 Å². The van der Waals surface area contributed by atoms with Crippen LogP contribution in [0.1, 0.15) is 10.4 Å². The van der Waals surface area contributed by atoms with Gasteiger partial charge in [0.25, 0.3) is 0 Å². The van der Waals surface area contributed by atoms with Crippen molar-refractivity contribution in [2.45, 2.75) is 0 Å². The first kappa shape index (κ1) is 13.1. The maximum Gasteiger partial charge on any atom is 0.249 e. The van der Waals surface area contributed by atoms with E-state index in [1.165, 1.54) is 0 Å². The summed E-state index contributed by atoms with van der Waals surface area (Å²) in [5.41, 5.74) is 9.76. The Morgan fingerprint density at radius 3 is 2.29 bits per heavy atom. The third kappa shape index (κ3) is 2.54. The number of carbonyl (C=O) groups is 1. The highest BCUT2D eigenvalue weighted by Gasteiger charge is 2.15. The van der Waals surface area contributed by atoms with Crippen LogP contribution < -0.4 is 5.73 Å². The van der Waals surface area contributed by atoms with Crippen LogP contribution in [0.3, 0.4) is 0 Å². The highest BCUT2D eigenvalue weighted by atomic mass is 16.1. The minimum Gasteiger partial charge on any atom is -0.366 e. The molecule has 0 unspecified atom stereocenters. The lowest BCUT2D eigenvalue weighted by Crippen LogP contribution is -2.12. The Morgan fingerprint density at radius 1 is 0.857 bits per heavy atom. The Balaban J connectivity index is 2.31. The van der Waals surface area contributed by atoms with Crippen molar-refractivity contribution in [2.75, 3.05) is 0 Å². The molecule has 3 heteroatoms. The van der Waals surface area contributed by atoms with Gasteiger partial charge in [-0.1, -0.05) is 48.5 Å². The summed E-state index contributed by atoms with van der Waals surface area (Å²) in [7, 11) is 0. The van der Waals surface area contributed by atoms with Crippen molar-refractivity contribution in [3.63, 3.8) is 0 Å². The van der Waals surface area contributed by atoms with Crippen molar-refractivity contribution in [1.29, 1.82) is 0 Å². The molecule has 0 aliphatic rings. The molecule has 2 N–H and O–H groups in total. The smallest absolute Gasteiger partial charge is 0.249 e. The highest BCUT2D eigenvalue weighted by molar-refractivity contribution is 6.03. The van der Waals surface area contributed by atoms with Gasteiger partial charge in [-0.05, 0) is 23.3 Å². The lowest BCUT2D eigenvalue weighted by atomic mass is 9.91. The first-order valence-corrected chi connectivity index (χ1v) is 6.66. The van der Waals surface area contributed by atoms with Crippen LogP contribution in [0.2, 0.25) is 0 Å². The number of amides is 1. The summed E-state index contributed by atoms with van der Waals surface area (Å²) >= 11 is 0. The zero-order valence-electron chi connectivity index (χ0n) is 11.4. The van der Waals surface area contributed by atoms with Crippen LogP contribution in [0.4, 0.5) is 0 Å². The van der Waals surface area contributed by atoms with E-state index in [1.54, 1.807) is 18.5 Å². The number of hydrogen-bond acceptors (Lipinski definition) is 2. The third-order valence-corrected chi connectivity index (χ3v) is 3.36. The van der Waals surface area contributed by atoms with Crippen molar-refractivity contribution in [1.82, 2.24) is 4.98 Å². The van der Waals surface area contributed by atoms with Gasteiger partial charge in [-0.25, -0.2) is 0 Å². The molecule has 0 fully saturated rings. The molecule has 21 heavy (non-hydrogen) atoms. The SMILES string of the molecule is NC(=O)c1cccc(-c2ccccc2)c1-c1cccnc1. The van der Waals surface area contributed by atoms with Crippen molar-refractivity contribution in [2.24, 2.45) is 5.73 Å². The van der Waals surface area contributed by atoms with Gasteiger partial charge in [0.1, 0.15) is 0 Å². The zero-order valence-corrected chi connectivity index (χ0v) is 11.4. The van der Waals surface area contributed by atoms with E-state index < -0.39 is 5.91 Å². The average molecular weight is 274 g/mol. The normalized spacial score (nSPS) is 10.3. The number of pyridine rings is 1. The molecular formula is C18H14N2O. The van der Waals surface area contributed by atoms with E-state index in [9.17, 15) is 4.79 Å². The molecule has 0 atom stereocenters. The fourth-order valence-corrected chi connectivity index (χ4v) is 2.44. The minimum atomic E-state index is -0.438. The molecule has 3 aromatic rings. The Morgan fingerprint density at radius 2 is 1.62 bits per heavy atom. The first-order valence-electron chi connectivity index (χ1n) is 6.66.